The first-order chi connectivity index (χ1) is 3.84. The maximum atomic E-state index is 4.77. The Morgan fingerprint density at radius 1 is 1.75 bits per heavy atom. The summed E-state index contributed by atoms with van der Waals surface area (Å²) in [6.07, 6.45) is 1.44. The molecule has 0 aliphatic rings. The summed E-state index contributed by atoms with van der Waals surface area (Å²) in [5.41, 5.74) is 0. The summed E-state index contributed by atoms with van der Waals surface area (Å²) in [6, 6.07) is 0.532. The lowest BCUT2D eigenvalue weighted by Gasteiger charge is -1.92. The van der Waals surface area contributed by atoms with Gasteiger partial charge in [-0.3, -0.25) is 0 Å². The molecule has 0 aliphatic heterocycles. The normalized spacial score (nSPS) is 9.25. The highest BCUT2D eigenvalue weighted by atomic mass is 16.5. The van der Waals surface area contributed by atoms with Crippen molar-refractivity contribution in [1.29, 1.82) is 0 Å². The van der Waals surface area contributed by atoms with Gasteiger partial charge < -0.3 is 4.74 Å². The Morgan fingerprint density at radius 3 is 2.75 bits per heavy atom. The van der Waals surface area contributed by atoms with Crippen LogP contribution in [0.1, 0.15) is 0 Å². The molecule has 0 aliphatic carbocycles. The second kappa shape index (κ2) is 1.81. The molecule has 0 saturated heterocycles. The summed E-state index contributed by atoms with van der Waals surface area (Å²) in [4.78, 5) is 3.76. The van der Waals surface area contributed by atoms with E-state index in [-0.39, 0.29) is 0 Å². The Bertz CT molecular complexity index is 172. The summed E-state index contributed by atoms with van der Waals surface area (Å²) in [7, 11) is 3.33. The Balaban J connectivity index is 2.92. The molecule has 0 N–H and O–H groups in total. The molecular formula is C4H7N3O. The van der Waals surface area contributed by atoms with Gasteiger partial charge in [0.1, 0.15) is 6.33 Å². The molecule has 44 valence electrons. The van der Waals surface area contributed by atoms with Crippen LogP contribution in [0.2, 0.25) is 0 Å². The van der Waals surface area contributed by atoms with Gasteiger partial charge in [0.15, 0.2) is 0 Å². The molecule has 0 aromatic carbocycles. The average molecular weight is 113 g/mol. The van der Waals surface area contributed by atoms with E-state index in [1.165, 1.54) is 6.33 Å². The fraction of sp³-hybridized carbons (Fsp3) is 0.500. The van der Waals surface area contributed by atoms with E-state index in [4.69, 9.17) is 4.74 Å². The first-order valence-electron chi connectivity index (χ1n) is 2.22. The summed E-state index contributed by atoms with van der Waals surface area (Å²) in [5, 5.41) is 3.77. The van der Waals surface area contributed by atoms with Crippen LogP contribution >= 0.6 is 0 Å². The van der Waals surface area contributed by atoms with Crippen molar-refractivity contribution in [1.82, 2.24) is 14.8 Å². The maximum Gasteiger partial charge on any atom is 0.314 e. The zero-order chi connectivity index (χ0) is 5.98. The van der Waals surface area contributed by atoms with E-state index in [0.717, 1.165) is 0 Å². The zero-order valence-corrected chi connectivity index (χ0v) is 4.83. The molecular weight excluding hydrogens is 106 g/mol. The van der Waals surface area contributed by atoms with Crippen LogP contribution in [-0.2, 0) is 7.05 Å². The minimum atomic E-state index is 0.532. The summed E-state index contributed by atoms with van der Waals surface area (Å²) in [5.74, 6) is 0. The predicted octanol–water partition coefficient (Wildman–Crippen LogP) is -0.176. The van der Waals surface area contributed by atoms with Crippen molar-refractivity contribution in [3.05, 3.63) is 6.33 Å². The van der Waals surface area contributed by atoms with E-state index in [2.05, 4.69) is 10.1 Å². The van der Waals surface area contributed by atoms with Crippen molar-refractivity contribution in [3.63, 3.8) is 0 Å². The van der Waals surface area contributed by atoms with E-state index in [9.17, 15) is 0 Å². The number of rotatable bonds is 1. The van der Waals surface area contributed by atoms with Crippen molar-refractivity contribution < 1.29 is 4.74 Å². The largest absolute Gasteiger partial charge is 0.467 e. The minimum absolute atomic E-state index is 0.532. The fourth-order valence-corrected chi connectivity index (χ4v) is 0.470. The third kappa shape index (κ3) is 0.641. The topological polar surface area (TPSA) is 39.9 Å². The van der Waals surface area contributed by atoms with Gasteiger partial charge in [0.25, 0.3) is 0 Å². The molecule has 0 spiro atoms. The number of nitrogens with zero attached hydrogens (tertiary/aromatic N) is 3. The summed E-state index contributed by atoms with van der Waals surface area (Å²) >= 11 is 0. The third-order valence-electron chi connectivity index (χ3n) is 0.852. The predicted molar refractivity (Wildman–Crippen MR) is 27.6 cm³/mol. The van der Waals surface area contributed by atoms with Gasteiger partial charge in [-0.2, -0.15) is 10.1 Å². The van der Waals surface area contributed by atoms with Crippen molar-refractivity contribution in [2.75, 3.05) is 7.11 Å². The van der Waals surface area contributed by atoms with E-state index < -0.39 is 0 Å². The van der Waals surface area contributed by atoms with Crippen LogP contribution in [0.5, 0.6) is 6.01 Å². The molecule has 4 nitrogen and oxygen atoms in total. The van der Waals surface area contributed by atoms with E-state index in [1.807, 2.05) is 0 Å². The number of hydrogen-bond acceptors (Lipinski definition) is 3. The molecule has 1 aromatic heterocycles. The Labute approximate surface area is 47.1 Å². The molecule has 0 bridgehead atoms. The van der Waals surface area contributed by atoms with E-state index in [0.29, 0.717) is 6.01 Å². The van der Waals surface area contributed by atoms with Gasteiger partial charge in [-0.15, -0.1) is 0 Å². The number of aromatic nitrogens is 3. The quantitative estimate of drug-likeness (QED) is 0.507. The van der Waals surface area contributed by atoms with E-state index >= 15 is 0 Å². The Morgan fingerprint density at radius 2 is 2.50 bits per heavy atom. The fourth-order valence-electron chi connectivity index (χ4n) is 0.470. The summed E-state index contributed by atoms with van der Waals surface area (Å²) < 4.78 is 6.33. The second-order valence-corrected chi connectivity index (χ2v) is 1.37. The highest BCUT2D eigenvalue weighted by molar-refractivity contribution is 4.87. The van der Waals surface area contributed by atoms with Crippen molar-refractivity contribution in [2.45, 2.75) is 0 Å². The maximum absolute atomic E-state index is 4.77. The van der Waals surface area contributed by atoms with Gasteiger partial charge in [-0.05, 0) is 0 Å². The lowest BCUT2D eigenvalue weighted by molar-refractivity contribution is 0.359. The van der Waals surface area contributed by atoms with Gasteiger partial charge in [0, 0.05) is 7.05 Å². The number of methoxy groups -OCH3 is 1. The van der Waals surface area contributed by atoms with Crippen LogP contribution in [0.4, 0.5) is 0 Å². The molecule has 1 heterocycles. The minimum Gasteiger partial charge on any atom is -0.467 e. The molecule has 1 rings (SSSR count). The average Bonchev–Trinajstić information content (AvgIpc) is 2.14. The van der Waals surface area contributed by atoms with Gasteiger partial charge in [0.2, 0.25) is 0 Å². The smallest absolute Gasteiger partial charge is 0.314 e. The summed E-state index contributed by atoms with van der Waals surface area (Å²) in [6.45, 7) is 0. The molecule has 1 aromatic rings. The molecule has 0 saturated carbocycles. The Kier molecular flexibility index (Phi) is 1.15. The third-order valence-corrected chi connectivity index (χ3v) is 0.852. The molecule has 0 amide bonds. The van der Waals surface area contributed by atoms with Gasteiger partial charge in [-0.25, -0.2) is 4.68 Å². The van der Waals surface area contributed by atoms with E-state index in [1.54, 1.807) is 18.8 Å². The molecule has 0 fully saturated rings. The molecule has 4 heteroatoms. The lowest BCUT2D eigenvalue weighted by Crippen LogP contribution is -1.94. The highest BCUT2D eigenvalue weighted by Gasteiger charge is 1.93. The van der Waals surface area contributed by atoms with Crippen molar-refractivity contribution in [3.8, 4) is 6.01 Å². The number of aryl methyl sites for hydroxylation is 1. The molecule has 8 heavy (non-hydrogen) atoms. The van der Waals surface area contributed by atoms with Crippen LogP contribution in [0.15, 0.2) is 6.33 Å². The van der Waals surface area contributed by atoms with Crippen LogP contribution in [-0.4, -0.2) is 21.9 Å². The highest BCUT2D eigenvalue weighted by Crippen LogP contribution is 1.97. The number of ether oxygens (including phenoxy) is 1. The first-order valence-corrected chi connectivity index (χ1v) is 2.22. The van der Waals surface area contributed by atoms with Crippen LogP contribution in [0.3, 0.4) is 0 Å². The first kappa shape index (κ1) is 5.08. The van der Waals surface area contributed by atoms with Crippen LogP contribution in [0, 0.1) is 0 Å². The lowest BCUT2D eigenvalue weighted by atomic mass is 11.1. The number of hydrogen-bond donors (Lipinski definition) is 0. The second-order valence-electron chi connectivity index (χ2n) is 1.37. The standard InChI is InChI=1S/C4H7N3O/c1-7-4(8-2)5-3-6-7/h3H,1-2H3. The zero-order valence-electron chi connectivity index (χ0n) is 4.83. The molecule has 0 atom stereocenters. The van der Waals surface area contributed by atoms with Crippen LogP contribution in [0.25, 0.3) is 0 Å². The van der Waals surface area contributed by atoms with Gasteiger partial charge in [0.05, 0.1) is 7.11 Å². The van der Waals surface area contributed by atoms with Crippen LogP contribution < -0.4 is 4.74 Å². The van der Waals surface area contributed by atoms with Gasteiger partial charge >= 0.3 is 6.01 Å². The molecule has 0 radical (unpaired) electrons. The van der Waals surface area contributed by atoms with Gasteiger partial charge in [-0.1, -0.05) is 0 Å². The SMILES string of the molecule is COc1ncnn1C. The monoisotopic (exact) mass is 113 g/mol. The molecule has 0 unspecified atom stereocenters. The van der Waals surface area contributed by atoms with Crippen molar-refractivity contribution in [2.24, 2.45) is 7.05 Å². The Hall–Kier alpha value is -1.06. The van der Waals surface area contributed by atoms with Crippen molar-refractivity contribution >= 4 is 0 Å².